The molecule has 1 aliphatic rings. The second kappa shape index (κ2) is 13.8. The molecule has 0 aliphatic carbocycles. The predicted octanol–water partition coefficient (Wildman–Crippen LogP) is 4.64. The number of halogens is 3. The molecule has 2 aromatic carbocycles. The summed E-state index contributed by atoms with van der Waals surface area (Å²) >= 11 is 0. The number of nitriles is 1. The molecule has 0 radical (unpaired) electrons. The van der Waals surface area contributed by atoms with Gasteiger partial charge in [0.25, 0.3) is 0 Å². The minimum Gasteiger partial charge on any atom is -0.463 e. The van der Waals surface area contributed by atoms with Crippen LogP contribution < -0.4 is 16.0 Å². The molecule has 218 valence electrons. The molecule has 0 aromatic heterocycles. The number of esters is 1. The maximum Gasteiger partial charge on any atom is 0.416 e. The quantitative estimate of drug-likeness (QED) is 0.299. The SMILES string of the molecule is CCOC(=O)C1=C(C)N(c2cccc(C(F)(F)F)c2)C(=O)N(CC(=O)NCCCCCN)C1c1ccc(C#N)cc1. The molecule has 3 rings (SSSR count). The Morgan fingerprint density at radius 1 is 1.12 bits per heavy atom. The van der Waals surface area contributed by atoms with E-state index in [0.717, 1.165) is 40.8 Å². The second-order valence-corrected chi connectivity index (χ2v) is 9.35. The van der Waals surface area contributed by atoms with Gasteiger partial charge in [-0.3, -0.25) is 9.69 Å². The summed E-state index contributed by atoms with van der Waals surface area (Å²) in [5, 5.41) is 12.0. The molecular weight excluding hydrogens is 539 g/mol. The van der Waals surface area contributed by atoms with E-state index in [1.807, 2.05) is 6.07 Å². The van der Waals surface area contributed by atoms with Crippen LogP contribution >= 0.6 is 0 Å². The van der Waals surface area contributed by atoms with E-state index in [4.69, 9.17) is 10.5 Å². The highest BCUT2D eigenvalue weighted by molar-refractivity contribution is 6.04. The van der Waals surface area contributed by atoms with Crippen molar-refractivity contribution >= 4 is 23.6 Å². The van der Waals surface area contributed by atoms with E-state index in [1.54, 1.807) is 19.1 Å². The Morgan fingerprint density at radius 3 is 2.44 bits per heavy atom. The van der Waals surface area contributed by atoms with Gasteiger partial charge in [0.05, 0.1) is 41.1 Å². The van der Waals surface area contributed by atoms with Crippen LogP contribution in [0.2, 0.25) is 0 Å². The molecule has 0 fully saturated rings. The van der Waals surface area contributed by atoms with E-state index in [-0.39, 0.29) is 23.6 Å². The Balaban J connectivity index is 2.14. The van der Waals surface area contributed by atoms with Crippen LogP contribution in [0.5, 0.6) is 0 Å². The van der Waals surface area contributed by atoms with Crippen molar-refractivity contribution < 1.29 is 32.3 Å². The molecule has 0 saturated carbocycles. The van der Waals surface area contributed by atoms with Crippen LogP contribution in [0.1, 0.15) is 55.8 Å². The van der Waals surface area contributed by atoms with Crippen molar-refractivity contribution in [2.45, 2.75) is 45.3 Å². The number of hydrogen-bond acceptors (Lipinski definition) is 6. The van der Waals surface area contributed by atoms with Crippen molar-refractivity contribution in [1.29, 1.82) is 5.26 Å². The summed E-state index contributed by atoms with van der Waals surface area (Å²) in [6.45, 7) is 3.40. The molecule has 1 aliphatic heterocycles. The van der Waals surface area contributed by atoms with Crippen molar-refractivity contribution in [3.8, 4) is 6.07 Å². The number of carbonyl (C=O) groups is 3. The number of carbonyl (C=O) groups excluding carboxylic acids is 3. The number of anilines is 1. The van der Waals surface area contributed by atoms with Crippen molar-refractivity contribution in [2.75, 3.05) is 31.1 Å². The summed E-state index contributed by atoms with van der Waals surface area (Å²) in [6, 6.07) is 10.4. The standard InChI is InChI=1S/C29H32F3N5O4/c1-3-41-27(39)25-19(2)37(23-9-7-8-22(16-23)29(30,31)32)28(40)36(18-24(38)35-15-6-4-5-14-33)26(25)21-12-10-20(17-34)11-13-21/h7-13,16,26H,3-6,14-15,18,33H2,1-2H3,(H,35,38). The lowest BCUT2D eigenvalue weighted by Crippen LogP contribution is -2.53. The molecule has 1 heterocycles. The van der Waals surface area contributed by atoms with Crippen LogP contribution in [0.25, 0.3) is 0 Å². The van der Waals surface area contributed by atoms with Gasteiger partial charge in [-0.1, -0.05) is 24.6 Å². The zero-order valence-electron chi connectivity index (χ0n) is 22.8. The number of benzene rings is 2. The average Bonchev–Trinajstić information content (AvgIpc) is 2.94. The largest absolute Gasteiger partial charge is 0.463 e. The first-order valence-electron chi connectivity index (χ1n) is 13.2. The van der Waals surface area contributed by atoms with Crippen molar-refractivity contribution in [3.05, 3.63) is 76.5 Å². The minimum absolute atomic E-state index is 0.00348. The molecule has 3 amide bonds. The first kappa shape index (κ1) is 31.2. The first-order valence-corrected chi connectivity index (χ1v) is 13.2. The maximum absolute atomic E-state index is 14.0. The van der Waals surface area contributed by atoms with Crippen LogP contribution in [0.3, 0.4) is 0 Å². The van der Waals surface area contributed by atoms with E-state index in [9.17, 15) is 32.8 Å². The highest BCUT2D eigenvalue weighted by Crippen LogP contribution is 2.41. The molecule has 1 unspecified atom stereocenters. The van der Waals surface area contributed by atoms with E-state index in [2.05, 4.69) is 5.32 Å². The average molecular weight is 572 g/mol. The number of nitrogens with one attached hydrogen (secondary N) is 1. The molecule has 0 saturated heterocycles. The summed E-state index contributed by atoms with van der Waals surface area (Å²) in [7, 11) is 0. The summed E-state index contributed by atoms with van der Waals surface area (Å²) in [6.07, 6.45) is -2.42. The number of allylic oxidation sites excluding steroid dienone is 1. The van der Waals surface area contributed by atoms with Crippen molar-refractivity contribution in [3.63, 3.8) is 0 Å². The van der Waals surface area contributed by atoms with Crippen molar-refractivity contribution in [2.24, 2.45) is 5.73 Å². The fourth-order valence-corrected chi connectivity index (χ4v) is 4.58. The maximum atomic E-state index is 14.0. The van der Waals surface area contributed by atoms with Gasteiger partial charge < -0.3 is 20.7 Å². The second-order valence-electron chi connectivity index (χ2n) is 9.35. The minimum atomic E-state index is -4.68. The van der Waals surface area contributed by atoms with Gasteiger partial charge in [-0.25, -0.2) is 9.59 Å². The zero-order chi connectivity index (χ0) is 30.2. The molecule has 41 heavy (non-hydrogen) atoms. The summed E-state index contributed by atoms with van der Waals surface area (Å²) in [5.41, 5.74) is 5.17. The van der Waals surface area contributed by atoms with E-state index >= 15 is 0 Å². The lowest BCUT2D eigenvalue weighted by atomic mass is 9.92. The normalized spacial score (nSPS) is 15.5. The Labute approximate surface area is 236 Å². The Bertz CT molecular complexity index is 1340. The van der Waals surface area contributed by atoms with Crippen LogP contribution in [-0.2, 0) is 20.5 Å². The van der Waals surface area contributed by atoms with Gasteiger partial charge in [-0.15, -0.1) is 0 Å². The van der Waals surface area contributed by atoms with Crippen LogP contribution in [0.15, 0.2) is 59.8 Å². The third-order valence-electron chi connectivity index (χ3n) is 6.55. The van der Waals surface area contributed by atoms with Gasteiger partial charge >= 0.3 is 18.2 Å². The molecule has 1 atom stereocenters. The summed E-state index contributed by atoms with van der Waals surface area (Å²) in [4.78, 5) is 42.5. The summed E-state index contributed by atoms with van der Waals surface area (Å²) in [5.74, 6) is -1.31. The number of rotatable bonds is 11. The van der Waals surface area contributed by atoms with Gasteiger partial charge in [0, 0.05) is 12.2 Å². The van der Waals surface area contributed by atoms with E-state index in [0.29, 0.717) is 30.6 Å². The van der Waals surface area contributed by atoms with Crippen molar-refractivity contribution in [1.82, 2.24) is 10.2 Å². The number of urea groups is 1. The van der Waals surface area contributed by atoms with Gasteiger partial charge in [0.2, 0.25) is 5.91 Å². The van der Waals surface area contributed by atoms with Gasteiger partial charge in [-0.2, -0.15) is 18.4 Å². The third kappa shape index (κ3) is 7.43. The lowest BCUT2D eigenvalue weighted by molar-refractivity contribution is -0.140. The van der Waals surface area contributed by atoms with E-state index in [1.165, 1.54) is 25.1 Å². The molecule has 12 heteroatoms. The van der Waals surface area contributed by atoms with Crippen LogP contribution in [0.4, 0.5) is 23.7 Å². The van der Waals surface area contributed by atoms with Gasteiger partial charge in [0.1, 0.15) is 6.54 Å². The Morgan fingerprint density at radius 2 is 1.83 bits per heavy atom. The zero-order valence-corrected chi connectivity index (χ0v) is 22.8. The Kier molecular flexibility index (Phi) is 10.5. The molecule has 9 nitrogen and oxygen atoms in total. The van der Waals surface area contributed by atoms with Crippen LogP contribution in [0, 0.1) is 11.3 Å². The number of hydrogen-bond donors (Lipinski definition) is 2. The first-order chi connectivity index (χ1) is 19.5. The predicted molar refractivity (Wildman–Crippen MR) is 145 cm³/mol. The number of ether oxygens (including phenoxy) is 1. The number of alkyl halides is 3. The fraction of sp³-hybridized carbons (Fsp3) is 0.379. The van der Waals surface area contributed by atoms with E-state index < -0.39 is 42.2 Å². The number of amides is 3. The fourth-order valence-electron chi connectivity index (χ4n) is 4.58. The summed E-state index contributed by atoms with van der Waals surface area (Å²) < 4.78 is 45.9. The number of unbranched alkanes of at least 4 members (excludes halogenated alkanes) is 2. The smallest absolute Gasteiger partial charge is 0.416 e. The Hall–Kier alpha value is -4.37. The lowest BCUT2D eigenvalue weighted by Gasteiger charge is -2.42. The van der Waals surface area contributed by atoms with Gasteiger partial charge in [0.15, 0.2) is 0 Å². The molecular formula is C29H32F3N5O4. The molecule has 0 bridgehead atoms. The number of nitrogens with zero attached hydrogens (tertiary/aromatic N) is 3. The topological polar surface area (TPSA) is 129 Å². The van der Waals surface area contributed by atoms with Gasteiger partial charge in [-0.05, 0) is 69.1 Å². The highest BCUT2D eigenvalue weighted by atomic mass is 19.4. The molecule has 3 N–H and O–H groups in total. The monoisotopic (exact) mass is 571 g/mol. The highest BCUT2D eigenvalue weighted by Gasteiger charge is 2.44. The molecule has 0 spiro atoms. The molecule has 2 aromatic rings. The third-order valence-corrected chi connectivity index (χ3v) is 6.55. The number of nitrogens with two attached hydrogens (primary N) is 1. The van der Waals surface area contributed by atoms with Crippen LogP contribution in [-0.4, -0.2) is 49.0 Å².